The molecule has 0 bridgehead atoms. The second-order valence-corrected chi connectivity index (χ2v) is 6.20. The summed E-state index contributed by atoms with van der Waals surface area (Å²) in [6, 6.07) is 8.68. The second-order valence-electron chi connectivity index (χ2n) is 4.67. The fraction of sp³-hybridized carbons (Fsp3) is 0.600. The van der Waals surface area contributed by atoms with Gasteiger partial charge in [0.05, 0.1) is 0 Å². The molecule has 0 heterocycles. The average molecular weight is 286 g/mol. The molecule has 0 aliphatic rings. The van der Waals surface area contributed by atoms with Crippen LogP contribution in [0, 0.1) is 5.92 Å². The van der Waals surface area contributed by atoms with Gasteiger partial charge in [-0.25, -0.2) is 0 Å². The Morgan fingerprint density at radius 1 is 1.28 bits per heavy atom. The van der Waals surface area contributed by atoms with E-state index in [1.54, 1.807) is 0 Å². The minimum Gasteiger partial charge on any atom is -0.316 e. The first kappa shape index (κ1) is 15.9. The van der Waals surface area contributed by atoms with Crippen LogP contribution in [0.2, 0.25) is 5.02 Å². The minimum atomic E-state index is 0.582. The van der Waals surface area contributed by atoms with Crippen molar-refractivity contribution in [1.29, 1.82) is 0 Å². The molecule has 1 atom stereocenters. The van der Waals surface area contributed by atoms with Crippen molar-refractivity contribution >= 4 is 23.4 Å². The van der Waals surface area contributed by atoms with Crippen molar-refractivity contribution < 1.29 is 0 Å². The third-order valence-electron chi connectivity index (χ3n) is 3.43. The molecule has 0 amide bonds. The molecule has 0 fully saturated rings. The van der Waals surface area contributed by atoms with Crippen LogP contribution in [0.1, 0.15) is 33.1 Å². The molecule has 0 saturated carbocycles. The fourth-order valence-corrected chi connectivity index (χ4v) is 3.38. The van der Waals surface area contributed by atoms with E-state index in [2.05, 4.69) is 32.3 Å². The number of hydrogen-bond acceptors (Lipinski definition) is 2. The summed E-state index contributed by atoms with van der Waals surface area (Å²) in [5.41, 5.74) is 0. The Labute approximate surface area is 121 Å². The summed E-state index contributed by atoms with van der Waals surface area (Å²) in [6.45, 7) is 4.57. The Morgan fingerprint density at radius 2 is 2.00 bits per heavy atom. The van der Waals surface area contributed by atoms with E-state index in [-0.39, 0.29) is 0 Å². The molecule has 3 heteroatoms. The van der Waals surface area contributed by atoms with Gasteiger partial charge in [0.25, 0.3) is 0 Å². The molecule has 0 spiro atoms. The molecule has 1 nitrogen and oxygen atoms in total. The molecule has 1 rings (SSSR count). The summed E-state index contributed by atoms with van der Waals surface area (Å²) in [6.07, 6.45) is 3.81. The molecule has 0 aliphatic carbocycles. The van der Waals surface area contributed by atoms with E-state index in [4.69, 9.17) is 11.6 Å². The van der Waals surface area contributed by atoms with E-state index in [9.17, 15) is 0 Å². The number of hydrogen-bond donors (Lipinski definition) is 1. The lowest BCUT2D eigenvalue weighted by atomic mass is 9.95. The topological polar surface area (TPSA) is 12.0 Å². The number of thioether (sulfide) groups is 1. The van der Waals surface area contributed by atoms with Crippen molar-refractivity contribution in [2.45, 2.75) is 44.0 Å². The largest absolute Gasteiger partial charge is 0.316 e. The molecular weight excluding hydrogens is 262 g/mol. The van der Waals surface area contributed by atoms with Gasteiger partial charge >= 0.3 is 0 Å². The molecule has 0 saturated heterocycles. The number of halogens is 1. The van der Waals surface area contributed by atoms with Crippen LogP contribution >= 0.6 is 23.4 Å². The Balaban J connectivity index is 2.44. The van der Waals surface area contributed by atoms with E-state index < -0.39 is 0 Å². The van der Waals surface area contributed by atoms with Gasteiger partial charge in [-0.2, -0.15) is 0 Å². The standard InChI is InChI=1S/C15H24ClNS/c1-4-12(5-2)9-14(17-3)11-18-15-8-6-7-13(16)10-15/h6-8,10,12,14,17H,4-5,9,11H2,1-3H3. The van der Waals surface area contributed by atoms with Crippen molar-refractivity contribution in [1.82, 2.24) is 5.32 Å². The third-order valence-corrected chi connectivity index (χ3v) is 4.82. The predicted molar refractivity (Wildman–Crippen MR) is 83.7 cm³/mol. The van der Waals surface area contributed by atoms with Gasteiger partial charge in [-0.05, 0) is 37.6 Å². The highest BCUT2D eigenvalue weighted by Crippen LogP contribution is 2.24. The molecule has 1 aromatic carbocycles. The van der Waals surface area contributed by atoms with Gasteiger partial charge in [0.1, 0.15) is 0 Å². The van der Waals surface area contributed by atoms with E-state index in [0.717, 1.165) is 16.7 Å². The zero-order valence-electron chi connectivity index (χ0n) is 11.6. The Kier molecular flexibility index (Phi) is 7.80. The highest BCUT2D eigenvalue weighted by molar-refractivity contribution is 7.99. The molecular formula is C15H24ClNS. The summed E-state index contributed by atoms with van der Waals surface area (Å²) in [5, 5.41) is 4.25. The number of benzene rings is 1. The molecule has 1 aromatic rings. The van der Waals surface area contributed by atoms with Crippen molar-refractivity contribution in [2.75, 3.05) is 12.8 Å². The van der Waals surface area contributed by atoms with Crippen LogP contribution in [-0.4, -0.2) is 18.8 Å². The number of rotatable bonds is 8. The maximum Gasteiger partial charge on any atom is 0.0417 e. The fourth-order valence-electron chi connectivity index (χ4n) is 2.05. The van der Waals surface area contributed by atoms with Gasteiger partial charge in [0.2, 0.25) is 0 Å². The van der Waals surface area contributed by atoms with Gasteiger partial charge in [-0.3, -0.25) is 0 Å². The van der Waals surface area contributed by atoms with Crippen LogP contribution in [0.4, 0.5) is 0 Å². The lowest BCUT2D eigenvalue weighted by Crippen LogP contribution is -2.30. The van der Waals surface area contributed by atoms with Crippen LogP contribution in [0.3, 0.4) is 0 Å². The van der Waals surface area contributed by atoms with E-state index >= 15 is 0 Å². The maximum atomic E-state index is 5.99. The molecule has 1 N–H and O–H groups in total. The summed E-state index contributed by atoms with van der Waals surface area (Å²) in [5.74, 6) is 1.94. The van der Waals surface area contributed by atoms with Gasteiger partial charge in [0, 0.05) is 21.7 Å². The summed E-state index contributed by atoms with van der Waals surface area (Å²) < 4.78 is 0. The van der Waals surface area contributed by atoms with E-state index in [1.807, 2.05) is 30.0 Å². The van der Waals surface area contributed by atoms with Crippen LogP contribution < -0.4 is 5.32 Å². The highest BCUT2D eigenvalue weighted by Gasteiger charge is 2.12. The van der Waals surface area contributed by atoms with Gasteiger partial charge < -0.3 is 5.32 Å². The third kappa shape index (κ3) is 5.64. The Hall–Kier alpha value is -0.180. The van der Waals surface area contributed by atoms with Crippen LogP contribution in [0.25, 0.3) is 0 Å². The highest BCUT2D eigenvalue weighted by atomic mass is 35.5. The van der Waals surface area contributed by atoms with Crippen LogP contribution in [-0.2, 0) is 0 Å². The first-order valence-electron chi connectivity index (χ1n) is 6.75. The quantitative estimate of drug-likeness (QED) is 0.686. The summed E-state index contributed by atoms with van der Waals surface area (Å²) in [4.78, 5) is 1.26. The van der Waals surface area contributed by atoms with E-state index in [0.29, 0.717) is 6.04 Å². The molecule has 102 valence electrons. The molecule has 18 heavy (non-hydrogen) atoms. The predicted octanol–water partition coefficient (Wildman–Crippen LogP) is 4.85. The lowest BCUT2D eigenvalue weighted by Gasteiger charge is -2.21. The summed E-state index contributed by atoms with van der Waals surface area (Å²) >= 11 is 7.88. The van der Waals surface area contributed by atoms with Crippen molar-refractivity contribution in [3.63, 3.8) is 0 Å². The first-order valence-corrected chi connectivity index (χ1v) is 8.11. The zero-order valence-corrected chi connectivity index (χ0v) is 13.2. The van der Waals surface area contributed by atoms with Gasteiger partial charge in [0.15, 0.2) is 0 Å². The molecule has 1 unspecified atom stereocenters. The summed E-state index contributed by atoms with van der Waals surface area (Å²) in [7, 11) is 2.06. The smallest absolute Gasteiger partial charge is 0.0417 e. The number of nitrogens with one attached hydrogen (secondary N) is 1. The lowest BCUT2D eigenvalue weighted by molar-refractivity contribution is 0.397. The molecule has 0 aromatic heterocycles. The normalized spacial score (nSPS) is 12.9. The second kappa shape index (κ2) is 8.84. The zero-order chi connectivity index (χ0) is 13.4. The van der Waals surface area contributed by atoms with Crippen LogP contribution in [0.15, 0.2) is 29.2 Å². The van der Waals surface area contributed by atoms with Crippen molar-refractivity contribution in [3.05, 3.63) is 29.3 Å². The molecule has 0 aliphatic heterocycles. The van der Waals surface area contributed by atoms with E-state index in [1.165, 1.54) is 24.2 Å². The monoisotopic (exact) mass is 285 g/mol. The minimum absolute atomic E-state index is 0.582. The first-order chi connectivity index (χ1) is 8.69. The van der Waals surface area contributed by atoms with Crippen molar-refractivity contribution in [2.24, 2.45) is 5.92 Å². The maximum absolute atomic E-state index is 5.99. The Bertz CT molecular complexity index is 339. The average Bonchev–Trinajstić information content (AvgIpc) is 2.39. The van der Waals surface area contributed by atoms with Gasteiger partial charge in [-0.1, -0.05) is 44.4 Å². The van der Waals surface area contributed by atoms with Crippen LogP contribution in [0.5, 0.6) is 0 Å². The Morgan fingerprint density at radius 3 is 2.56 bits per heavy atom. The SMILES string of the molecule is CCC(CC)CC(CSc1cccc(Cl)c1)NC. The molecule has 0 radical (unpaired) electrons. The van der Waals surface area contributed by atoms with Gasteiger partial charge in [-0.15, -0.1) is 11.8 Å². The van der Waals surface area contributed by atoms with Crippen molar-refractivity contribution in [3.8, 4) is 0 Å².